The van der Waals surface area contributed by atoms with Crippen LogP contribution in [0.5, 0.6) is 5.75 Å². The Morgan fingerprint density at radius 2 is 2.00 bits per heavy atom. The van der Waals surface area contributed by atoms with Gasteiger partial charge in [-0.05, 0) is 41.0 Å². The zero-order chi connectivity index (χ0) is 14.1. The predicted octanol–water partition coefficient (Wildman–Crippen LogP) is 4.34. The summed E-state index contributed by atoms with van der Waals surface area (Å²) in [6, 6.07) is 14.5. The molecular weight excluding hydrogens is 314 g/mol. The Morgan fingerprint density at radius 3 is 2.80 bits per heavy atom. The second-order valence-corrected chi connectivity index (χ2v) is 5.86. The van der Waals surface area contributed by atoms with Crippen LogP contribution in [0.2, 0.25) is 0 Å². The third kappa shape index (κ3) is 2.46. The van der Waals surface area contributed by atoms with Gasteiger partial charge in [-0.2, -0.15) is 0 Å². The van der Waals surface area contributed by atoms with Crippen LogP contribution in [0.25, 0.3) is 5.57 Å². The average Bonchev–Trinajstić information content (AvgIpc) is 2.47. The average molecular weight is 330 g/mol. The van der Waals surface area contributed by atoms with Gasteiger partial charge in [0.2, 0.25) is 0 Å². The van der Waals surface area contributed by atoms with Gasteiger partial charge in [0, 0.05) is 11.5 Å². The zero-order valence-electron chi connectivity index (χ0n) is 11.4. The van der Waals surface area contributed by atoms with Crippen LogP contribution in [-0.4, -0.2) is 20.2 Å². The minimum atomic E-state index is 0.745. The molecule has 3 heteroatoms. The van der Waals surface area contributed by atoms with E-state index in [9.17, 15) is 0 Å². The van der Waals surface area contributed by atoms with E-state index in [0.717, 1.165) is 45.8 Å². The number of likely N-dealkylation sites (N-methyl/N-ethyl adjacent to an activating group) is 1. The highest BCUT2D eigenvalue weighted by molar-refractivity contribution is 9.10. The Bertz CT molecular complexity index is 666. The minimum absolute atomic E-state index is 0.745. The van der Waals surface area contributed by atoms with Crippen molar-refractivity contribution in [2.45, 2.75) is 0 Å². The van der Waals surface area contributed by atoms with Crippen LogP contribution in [0.4, 0.5) is 5.69 Å². The van der Waals surface area contributed by atoms with Gasteiger partial charge in [-0.1, -0.05) is 40.7 Å². The largest absolute Gasteiger partial charge is 0.490 e. The summed E-state index contributed by atoms with van der Waals surface area (Å²) in [5.74, 6) is 0.949. The lowest BCUT2D eigenvalue weighted by atomic mass is 9.98. The van der Waals surface area contributed by atoms with E-state index in [0.29, 0.717) is 0 Å². The van der Waals surface area contributed by atoms with Crippen LogP contribution in [-0.2, 0) is 0 Å². The molecule has 0 saturated heterocycles. The highest BCUT2D eigenvalue weighted by Crippen LogP contribution is 2.34. The van der Waals surface area contributed by atoms with Crippen molar-refractivity contribution >= 4 is 27.2 Å². The molecule has 0 aliphatic carbocycles. The van der Waals surface area contributed by atoms with E-state index in [1.165, 1.54) is 0 Å². The zero-order valence-corrected chi connectivity index (χ0v) is 13.0. The fourth-order valence-corrected chi connectivity index (χ4v) is 2.78. The summed E-state index contributed by atoms with van der Waals surface area (Å²) in [5.41, 5.74) is 4.40. The summed E-state index contributed by atoms with van der Waals surface area (Å²) in [6.07, 6.45) is 0. The number of anilines is 1. The van der Waals surface area contributed by atoms with E-state index in [4.69, 9.17) is 4.74 Å². The van der Waals surface area contributed by atoms with Gasteiger partial charge >= 0.3 is 0 Å². The third-order valence-corrected chi connectivity index (χ3v) is 4.07. The summed E-state index contributed by atoms with van der Waals surface area (Å²) in [7, 11) is 2.09. The topological polar surface area (TPSA) is 12.5 Å². The van der Waals surface area contributed by atoms with Gasteiger partial charge in [-0.3, -0.25) is 0 Å². The van der Waals surface area contributed by atoms with E-state index >= 15 is 0 Å². The van der Waals surface area contributed by atoms with Gasteiger partial charge in [0.15, 0.2) is 0 Å². The summed E-state index contributed by atoms with van der Waals surface area (Å²) in [4.78, 5) is 2.22. The van der Waals surface area contributed by atoms with Crippen molar-refractivity contribution < 1.29 is 4.74 Å². The smallest absolute Gasteiger partial charge is 0.142 e. The molecule has 102 valence electrons. The third-order valence-electron chi connectivity index (χ3n) is 3.58. The lowest BCUT2D eigenvalue weighted by Gasteiger charge is -2.28. The van der Waals surface area contributed by atoms with Crippen LogP contribution >= 0.6 is 15.9 Å². The van der Waals surface area contributed by atoms with E-state index < -0.39 is 0 Å². The number of nitrogens with zero attached hydrogens (tertiary/aromatic N) is 1. The molecule has 2 nitrogen and oxygen atoms in total. The Labute approximate surface area is 127 Å². The first-order valence-electron chi connectivity index (χ1n) is 6.58. The van der Waals surface area contributed by atoms with Crippen molar-refractivity contribution in [1.82, 2.24) is 0 Å². The molecule has 0 atom stereocenters. The summed E-state index contributed by atoms with van der Waals surface area (Å²) in [6.45, 7) is 5.89. The first kappa shape index (κ1) is 13.3. The fraction of sp³-hybridized carbons (Fsp3) is 0.176. The van der Waals surface area contributed by atoms with Crippen molar-refractivity contribution in [1.29, 1.82) is 0 Å². The number of ether oxygens (including phenoxy) is 1. The highest BCUT2D eigenvalue weighted by atomic mass is 79.9. The molecule has 0 N–H and O–H groups in total. The van der Waals surface area contributed by atoms with Crippen molar-refractivity contribution in [2.75, 3.05) is 25.1 Å². The van der Waals surface area contributed by atoms with Gasteiger partial charge in [0.05, 0.1) is 12.2 Å². The van der Waals surface area contributed by atoms with Crippen molar-refractivity contribution in [3.8, 4) is 5.75 Å². The van der Waals surface area contributed by atoms with E-state index in [1.54, 1.807) is 0 Å². The Morgan fingerprint density at radius 1 is 1.20 bits per heavy atom. The molecule has 3 rings (SSSR count). The number of hydrogen-bond donors (Lipinski definition) is 0. The van der Waals surface area contributed by atoms with E-state index in [1.807, 2.05) is 18.2 Å². The summed E-state index contributed by atoms with van der Waals surface area (Å²) < 4.78 is 6.74. The Kier molecular flexibility index (Phi) is 3.53. The van der Waals surface area contributed by atoms with Gasteiger partial charge in [-0.15, -0.1) is 0 Å². The molecule has 0 bridgehead atoms. The van der Waals surface area contributed by atoms with Gasteiger partial charge in [-0.25, -0.2) is 0 Å². The van der Waals surface area contributed by atoms with E-state index in [-0.39, 0.29) is 0 Å². The number of hydrogen-bond acceptors (Lipinski definition) is 2. The second kappa shape index (κ2) is 5.33. The monoisotopic (exact) mass is 329 g/mol. The van der Waals surface area contributed by atoms with Gasteiger partial charge in [0.25, 0.3) is 0 Å². The molecule has 0 aromatic heterocycles. The first-order valence-corrected chi connectivity index (χ1v) is 7.37. The molecule has 2 aromatic rings. The quantitative estimate of drug-likeness (QED) is 0.812. The number of rotatable bonds is 2. The minimum Gasteiger partial charge on any atom is -0.490 e. The standard InChI is InChI=1S/C17H16BrNO/c1-12(13-4-3-5-15(18)10-13)14-6-7-17-16(11-14)19(2)8-9-20-17/h3-7,10-11H,1,8-9H2,2H3. The van der Waals surface area contributed by atoms with Crippen molar-refractivity contribution in [3.63, 3.8) is 0 Å². The van der Waals surface area contributed by atoms with Gasteiger partial charge in [0.1, 0.15) is 12.4 Å². The number of halogens is 1. The van der Waals surface area contributed by atoms with Crippen LogP contribution in [0, 0.1) is 0 Å². The number of benzene rings is 2. The van der Waals surface area contributed by atoms with Crippen LogP contribution in [0.3, 0.4) is 0 Å². The molecule has 0 unspecified atom stereocenters. The van der Waals surface area contributed by atoms with Crippen LogP contribution in [0.1, 0.15) is 11.1 Å². The fourth-order valence-electron chi connectivity index (χ4n) is 2.38. The predicted molar refractivity (Wildman–Crippen MR) is 87.5 cm³/mol. The molecule has 1 aliphatic heterocycles. The summed E-state index contributed by atoms with van der Waals surface area (Å²) >= 11 is 3.50. The van der Waals surface area contributed by atoms with Crippen molar-refractivity contribution in [3.05, 3.63) is 64.6 Å². The number of fused-ring (bicyclic) bond motifs is 1. The van der Waals surface area contributed by atoms with Crippen LogP contribution < -0.4 is 9.64 Å². The molecule has 1 aliphatic rings. The molecule has 0 saturated carbocycles. The normalized spacial score (nSPS) is 13.6. The molecule has 0 fully saturated rings. The lowest BCUT2D eigenvalue weighted by molar-refractivity contribution is 0.311. The lowest BCUT2D eigenvalue weighted by Crippen LogP contribution is -2.28. The highest BCUT2D eigenvalue weighted by Gasteiger charge is 2.16. The molecule has 0 radical (unpaired) electrons. The molecule has 1 heterocycles. The maximum absolute atomic E-state index is 5.67. The molecule has 20 heavy (non-hydrogen) atoms. The van der Waals surface area contributed by atoms with Crippen LogP contribution in [0.15, 0.2) is 53.5 Å². The van der Waals surface area contributed by atoms with Gasteiger partial charge < -0.3 is 9.64 Å². The summed E-state index contributed by atoms with van der Waals surface area (Å²) in [5, 5.41) is 0. The molecule has 0 spiro atoms. The maximum Gasteiger partial charge on any atom is 0.142 e. The Balaban J connectivity index is 1.98. The molecular formula is C17H16BrNO. The Hall–Kier alpha value is -1.74. The maximum atomic E-state index is 5.67. The molecule has 0 amide bonds. The molecule has 2 aromatic carbocycles. The first-order chi connectivity index (χ1) is 9.65. The SMILES string of the molecule is C=C(c1cccc(Br)c1)c1ccc2c(c1)N(C)CCO2. The van der Waals surface area contributed by atoms with E-state index in [2.05, 4.69) is 58.7 Å². The second-order valence-electron chi connectivity index (χ2n) is 4.94. The van der Waals surface area contributed by atoms with Crippen molar-refractivity contribution in [2.24, 2.45) is 0 Å².